The summed E-state index contributed by atoms with van der Waals surface area (Å²) < 4.78 is 22.4. The van der Waals surface area contributed by atoms with Crippen molar-refractivity contribution in [3.8, 4) is 5.75 Å². The molecule has 0 bridgehead atoms. The van der Waals surface area contributed by atoms with Crippen molar-refractivity contribution in [3.05, 3.63) is 84.2 Å². The van der Waals surface area contributed by atoms with Crippen LogP contribution in [-0.2, 0) is 0 Å². The summed E-state index contributed by atoms with van der Waals surface area (Å²) >= 11 is 1.29. The van der Waals surface area contributed by atoms with Crippen molar-refractivity contribution >= 4 is 29.2 Å². The predicted octanol–water partition coefficient (Wildman–Crippen LogP) is 5.31. The zero-order chi connectivity index (χ0) is 22.3. The van der Waals surface area contributed by atoms with Crippen molar-refractivity contribution in [3.63, 3.8) is 0 Å². The molecule has 32 heavy (non-hydrogen) atoms. The third-order valence-electron chi connectivity index (χ3n) is 5.44. The van der Waals surface area contributed by atoms with Gasteiger partial charge in [0.15, 0.2) is 0 Å². The van der Waals surface area contributed by atoms with Gasteiger partial charge < -0.3 is 19.3 Å². The SMILES string of the molecule is COc1ccccc1N1CCCN(C(=O)c2cccc(SNc3ccccc3F)c2)CC1. The van der Waals surface area contributed by atoms with E-state index in [-0.39, 0.29) is 11.7 Å². The standard InChI is InChI=1S/C25H26FN3O2S/c1-31-24-13-5-4-12-23(24)28-14-7-15-29(17-16-28)25(30)19-8-6-9-20(18-19)32-27-22-11-3-2-10-21(22)26/h2-6,8-13,18,27H,7,14-17H2,1H3. The van der Waals surface area contributed by atoms with Crippen LogP contribution in [-0.4, -0.2) is 44.1 Å². The van der Waals surface area contributed by atoms with Gasteiger partial charge in [0.2, 0.25) is 0 Å². The summed E-state index contributed by atoms with van der Waals surface area (Å²) in [4.78, 5) is 18.2. The number of hydrogen-bond donors (Lipinski definition) is 1. The lowest BCUT2D eigenvalue weighted by molar-refractivity contribution is 0.0767. The maximum Gasteiger partial charge on any atom is 0.253 e. The molecule has 1 aliphatic rings. The fraction of sp³-hybridized carbons (Fsp3) is 0.240. The number of ether oxygens (including phenoxy) is 1. The summed E-state index contributed by atoms with van der Waals surface area (Å²) in [5.74, 6) is 0.552. The van der Waals surface area contributed by atoms with E-state index in [0.29, 0.717) is 24.3 Å². The van der Waals surface area contributed by atoms with E-state index in [1.807, 2.05) is 47.4 Å². The van der Waals surface area contributed by atoms with E-state index < -0.39 is 0 Å². The van der Waals surface area contributed by atoms with Gasteiger partial charge in [-0.3, -0.25) is 4.79 Å². The number of methoxy groups -OCH3 is 1. The third-order valence-corrected chi connectivity index (χ3v) is 6.25. The number of hydrogen-bond acceptors (Lipinski definition) is 5. The monoisotopic (exact) mass is 451 g/mol. The number of nitrogens with one attached hydrogen (secondary N) is 1. The van der Waals surface area contributed by atoms with Gasteiger partial charge >= 0.3 is 0 Å². The molecular weight excluding hydrogens is 425 g/mol. The number of carbonyl (C=O) groups is 1. The molecule has 0 radical (unpaired) electrons. The van der Waals surface area contributed by atoms with Crippen LogP contribution in [0.25, 0.3) is 0 Å². The Morgan fingerprint density at radius 3 is 2.62 bits per heavy atom. The zero-order valence-electron chi connectivity index (χ0n) is 18.0. The molecule has 0 unspecified atom stereocenters. The fourth-order valence-corrected chi connectivity index (χ4v) is 4.51. The maximum absolute atomic E-state index is 13.8. The van der Waals surface area contributed by atoms with Gasteiger partial charge in [0, 0.05) is 36.6 Å². The predicted molar refractivity (Wildman–Crippen MR) is 128 cm³/mol. The van der Waals surface area contributed by atoms with Crippen LogP contribution in [0.15, 0.2) is 77.7 Å². The number of amides is 1. The smallest absolute Gasteiger partial charge is 0.253 e. The van der Waals surface area contributed by atoms with Crippen LogP contribution in [0.4, 0.5) is 15.8 Å². The molecule has 0 atom stereocenters. The summed E-state index contributed by atoms with van der Waals surface area (Å²) in [6.07, 6.45) is 0.882. The summed E-state index contributed by atoms with van der Waals surface area (Å²) in [5.41, 5.74) is 2.11. The zero-order valence-corrected chi connectivity index (χ0v) is 18.8. The van der Waals surface area contributed by atoms with E-state index in [2.05, 4.69) is 15.7 Å². The normalized spacial score (nSPS) is 14.1. The topological polar surface area (TPSA) is 44.8 Å². The number of nitrogens with zero attached hydrogens (tertiary/aromatic N) is 2. The number of anilines is 2. The molecule has 1 aliphatic heterocycles. The summed E-state index contributed by atoms with van der Waals surface area (Å²) in [7, 11) is 1.68. The highest BCUT2D eigenvalue weighted by atomic mass is 32.2. The van der Waals surface area contributed by atoms with Crippen molar-refractivity contribution in [1.29, 1.82) is 0 Å². The summed E-state index contributed by atoms with van der Waals surface area (Å²) in [6, 6.07) is 22.0. The van der Waals surface area contributed by atoms with E-state index in [9.17, 15) is 9.18 Å². The molecule has 0 spiro atoms. The number of halogens is 1. The quantitative estimate of drug-likeness (QED) is 0.515. The van der Waals surface area contributed by atoms with E-state index in [1.165, 1.54) is 18.0 Å². The van der Waals surface area contributed by atoms with Gasteiger partial charge in [-0.05, 0) is 60.8 Å². The highest BCUT2D eigenvalue weighted by molar-refractivity contribution is 8.00. The van der Waals surface area contributed by atoms with Crippen LogP contribution >= 0.6 is 11.9 Å². The second-order valence-corrected chi connectivity index (χ2v) is 8.40. The van der Waals surface area contributed by atoms with Gasteiger partial charge in [-0.2, -0.15) is 0 Å². The summed E-state index contributed by atoms with van der Waals surface area (Å²) in [5, 5.41) is 0. The van der Waals surface area contributed by atoms with Gasteiger partial charge in [0.25, 0.3) is 5.91 Å². The number of benzene rings is 3. The summed E-state index contributed by atoms with van der Waals surface area (Å²) in [6.45, 7) is 2.96. The molecule has 1 amide bonds. The van der Waals surface area contributed by atoms with E-state index in [4.69, 9.17) is 4.74 Å². The van der Waals surface area contributed by atoms with Crippen LogP contribution in [0.5, 0.6) is 5.75 Å². The lowest BCUT2D eigenvalue weighted by Gasteiger charge is -2.25. The molecule has 0 aromatic heterocycles. The van der Waals surface area contributed by atoms with Crippen LogP contribution in [0.2, 0.25) is 0 Å². The van der Waals surface area contributed by atoms with Crippen molar-refractivity contribution < 1.29 is 13.9 Å². The highest BCUT2D eigenvalue weighted by Crippen LogP contribution is 2.29. The Morgan fingerprint density at radius 2 is 1.78 bits per heavy atom. The molecule has 0 aliphatic carbocycles. The maximum atomic E-state index is 13.8. The van der Waals surface area contributed by atoms with Gasteiger partial charge in [0.05, 0.1) is 18.5 Å². The number of rotatable bonds is 6. The highest BCUT2D eigenvalue weighted by Gasteiger charge is 2.22. The average Bonchev–Trinajstić information content (AvgIpc) is 3.09. The first-order valence-corrected chi connectivity index (χ1v) is 11.4. The minimum absolute atomic E-state index is 0.0141. The first-order valence-electron chi connectivity index (χ1n) is 10.6. The molecule has 0 saturated carbocycles. The Bertz CT molecular complexity index is 1080. The van der Waals surface area contributed by atoms with Crippen LogP contribution in [0, 0.1) is 5.82 Å². The second-order valence-electron chi connectivity index (χ2n) is 7.52. The molecule has 3 aromatic rings. The minimum atomic E-state index is -0.309. The van der Waals surface area contributed by atoms with Crippen molar-refractivity contribution in [1.82, 2.24) is 4.90 Å². The van der Waals surface area contributed by atoms with E-state index in [1.54, 1.807) is 25.3 Å². The lowest BCUT2D eigenvalue weighted by Crippen LogP contribution is -2.35. The molecule has 3 aromatic carbocycles. The molecule has 7 heteroatoms. The molecule has 1 N–H and O–H groups in total. The van der Waals surface area contributed by atoms with Crippen LogP contribution < -0.4 is 14.4 Å². The average molecular weight is 452 g/mol. The molecule has 4 rings (SSSR count). The Morgan fingerprint density at radius 1 is 0.969 bits per heavy atom. The molecule has 166 valence electrons. The molecular formula is C25H26FN3O2S. The Labute approximate surface area is 192 Å². The van der Waals surface area contributed by atoms with Crippen molar-refractivity contribution in [2.75, 3.05) is 42.9 Å². The number of carbonyl (C=O) groups excluding carboxylic acids is 1. The molecule has 1 fully saturated rings. The van der Waals surface area contributed by atoms with Crippen LogP contribution in [0.1, 0.15) is 16.8 Å². The van der Waals surface area contributed by atoms with Crippen LogP contribution in [0.3, 0.4) is 0 Å². The molecule has 1 heterocycles. The van der Waals surface area contributed by atoms with Gasteiger partial charge in [0.1, 0.15) is 11.6 Å². The lowest BCUT2D eigenvalue weighted by atomic mass is 10.2. The first-order chi connectivity index (χ1) is 15.7. The molecule has 5 nitrogen and oxygen atoms in total. The largest absolute Gasteiger partial charge is 0.495 e. The van der Waals surface area contributed by atoms with Gasteiger partial charge in [-0.25, -0.2) is 4.39 Å². The van der Waals surface area contributed by atoms with Crippen molar-refractivity contribution in [2.45, 2.75) is 11.3 Å². The fourth-order valence-electron chi connectivity index (χ4n) is 3.79. The van der Waals surface area contributed by atoms with Crippen molar-refractivity contribution in [2.24, 2.45) is 0 Å². The Balaban J connectivity index is 1.41. The second kappa shape index (κ2) is 10.4. The molecule has 1 saturated heterocycles. The first kappa shape index (κ1) is 22.0. The van der Waals surface area contributed by atoms with Gasteiger partial charge in [-0.15, -0.1) is 0 Å². The van der Waals surface area contributed by atoms with E-state index >= 15 is 0 Å². The van der Waals surface area contributed by atoms with E-state index in [0.717, 1.165) is 35.8 Å². The Kier molecular flexibility index (Phi) is 7.17. The minimum Gasteiger partial charge on any atom is -0.495 e. The Hall–Kier alpha value is -3.19. The third kappa shape index (κ3) is 5.16. The number of para-hydroxylation sites is 3. The van der Waals surface area contributed by atoms with Gasteiger partial charge in [-0.1, -0.05) is 30.3 Å².